The minimum absolute atomic E-state index is 0.140. The molecular formula is C10H21NOS. The second-order valence-corrected chi connectivity index (χ2v) is 5.39. The van der Waals surface area contributed by atoms with E-state index in [4.69, 9.17) is 0 Å². The van der Waals surface area contributed by atoms with Gasteiger partial charge in [-0.2, -0.15) is 11.8 Å². The lowest BCUT2D eigenvalue weighted by Gasteiger charge is -2.21. The van der Waals surface area contributed by atoms with Gasteiger partial charge in [0.1, 0.15) is 0 Å². The second kappa shape index (κ2) is 5.53. The first-order valence-corrected chi connectivity index (χ1v) is 6.07. The maximum Gasteiger partial charge on any atom is 0.225 e. The van der Waals surface area contributed by atoms with Crippen LogP contribution in [0.1, 0.15) is 34.1 Å². The Morgan fingerprint density at radius 3 is 2.38 bits per heavy atom. The van der Waals surface area contributed by atoms with E-state index in [-0.39, 0.29) is 11.3 Å². The van der Waals surface area contributed by atoms with Crippen LogP contribution in [0.5, 0.6) is 0 Å². The highest BCUT2D eigenvalue weighted by atomic mass is 32.2. The Morgan fingerprint density at radius 2 is 2.00 bits per heavy atom. The predicted octanol–water partition coefficient (Wildman–Crippen LogP) is 2.29. The molecule has 0 aliphatic carbocycles. The number of carbonyl (C=O) groups is 1. The van der Waals surface area contributed by atoms with Crippen molar-refractivity contribution in [2.75, 3.05) is 12.0 Å². The van der Waals surface area contributed by atoms with Crippen molar-refractivity contribution in [1.29, 1.82) is 0 Å². The van der Waals surface area contributed by atoms with E-state index in [1.165, 1.54) is 0 Å². The number of amides is 1. The smallest absolute Gasteiger partial charge is 0.225 e. The highest BCUT2D eigenvalue weighted by Gasteiger charge is 2.22. The standard InChI is InChI=1S/C10H21NOS/c1-8(6-7-13-5)11-9(12)10(2,3)4/h8H,6-7H2,1-5H3,(H,11,12). The highest BCUT2D eigenvalue weighted by molar-refractivity contribution is 7.98. The number of rotatable bonds is 4. The van der Waals surface area contributed by atoms with Crippen LogP contribution in [-0.4, -0.2) is 24.0 Å². The fourth-order valence-electron chi connectivity index (χ4n) is 0.807. The lowest BCUT2D eigenvalue weighted by molar-refractivity contribution is -0.129. The van der Waals surface area contributed by atoms with E-state index in [9.17, 15) is 4.79 Å². The zero-order valence-electron chi connectivity index (χ0n) is 9.31. The van der Waals surface area contributed by atoms with Crippen LogP contribution in [0.25, 0.3) is 0 Å². The van der Waals surface area contributed by atoms with Gasteiger partial charge in [0.05, 0.1) is 0 Å². The Hall–Kier alpha value is -0.180. The van der Waals surface area contributed by atoms with E-state index >= 15 is 0 Å². The normalized spacial score (nSPS) is 13.9. The molecule has 0 radical (unpaired) electrons. The Morgan fingerprint density at radius 1 is 1.46 bits per heavy atom. The molecule has 13 heavy (non-hydrogen) atoms. The average molecular weight is 203 g/mol. The predicted molar refractivity (Wildman–Crippen MR) is 60.1 cm³/mol. The molecule has 0 aromatic carbocycles. The topological polar surface area (TPSA) is 29.1 Å². The first kappa shape index (κ1) is 12.8. The minimum Gasteiger partial charge on any atom is -0.353 e. The molecule has 0 rings (SSSR count). The Bertz CT molecular complexity index is 163. The summed E-state index contributed by atoms with van der Waals surface area (Å²) in [5.41, 5.74) is -0.270. The summed E-state index contributed by atoms with van der Waals surface area (Å²) in [7, 11) is 0. The van der Waals surface area contributed by atoms with Crippen molar-refractivity contribution in [1.82, 2.24) is 5.32 Å². The number of hydrogen-bond donors (Lipinski definition) is 1. The summed E-state index contributed by atoms with van der Waals surface area (Å²) in [6.07, 6.45) is 3.13. The zero-order valence-corrected chi connectivity index (χ0v) is 10.1. The summed E-state index contributed by atoms with van der Waals surface area (Å²) in [5, 5.41) is 3.00. The zero-order chi connectivity index (χ0) is 10.5. The van der Waals surface area contributed by atoms with Crippen molar-refractivity contribution in [3.63, 3.8) is 0 Å². The van der Waals surface area contributed by atoms with Crippen LogP contribution in [-0.2, 0) is 4.79 Å². The summed E-state index contributed by atoms with van der Waals surface area (Å²) in [4.78, 5) is 11.5. The van der Waals surface area contributed by atoms with Crippen molar-refractivity contribution < 1.29 is 4.79 Å². The Balaban J connectivity index is 3.79. The molecule has 1 N–H and O–H groups in total. The molecule has 0 aromatic heterocycles. The lowest BCUT2D eigenvalue weighted by atomic mass is 9.95. The molecule has 0 spiro atoms. The lowest BCUT2D eigenvalue weighted by Crippen LogP contribution is -2.40. The Labute approximate surface area is 85.9 Å². The first-order valence-electron chi connectivity index (χ1n) is 4.68. The van der Waals surface area contributed by atoms with E-state index in [0.717, 1.165) is 12.2 Å². The molecule has 0 saturated carbocycles. The van der Waals surface area contributed by atoms with Crippen molar-refractivity contribution in [3.8, 4) is 0 Å². The van der Waals surface area contributed by atoms with Crippen molar-refractivity contribution in [2.45, 2.75) is 40.2 Å². The van der Waals surface area contributed by atoms with E-state index in [0.29, 0.717) is 6.04 Å². The third-order valence-corrected chi connectivity index (χ3v) is 2.46. The molecular weight excluding hydrogens is 182 g/mol. The van der Waals surface area contributed by atoms with Gasteiger partial charge in [0.15, 0.2) is 0 Å². The van der Waals surface area contributed by atoms with E-state index in [2.05, 4.69) is 18.5 Å². The van der Waals surface area contributed by atoms with Gasteiger partial charge in [0.2, 0.25) is 5.91 Å². The van der Waals surface area contributed by atoms with Crippen LogP contribution in [0.3, 0.4) is 0 Å². The highest BCUT2D eigenvalue weighted by Crippen LogP contribution is 2.13. The van der Waals surface area contributed by atoms with Gasteiger partial charge in [0.25, 0.3) is 0 Å². The summed E-state index contributed by atoms with van der Waals surface area (Å²) < 4.78 is 0. The molecule has 0 heterocycles. The van der Waals surface area contributed by atoms with Crippen LogP contribution in [0.2, 0.25) is 0 Å². The van der Waals surface area contributed by atoms with E-state index in [1.807, 2.05) is 32.5 Å². The molecule has 3 heteroatoms. The number of carbonyl (C=O) groups excluding carboxylic acids is 1. The molecule has 0 aromatic rings. The number of nitrogens with one attached hydrogen (secondary N) is 1. The largest absolute Gasteiger partial charge is 0.353 e. The summed E-state index contributed by atoms with van der Waals surface area (Å²) in [6, 6.07) is 0.291. The van der Waals surface area contributed by atoms with Crippen LogP contribution in [0.15, 0.2) is 0 Å². The van der Waals surface area contributed by atoms with Gasteiger partial charge < -0.3 is 5.32 Å². The number of hydrogen-bond acceptors (Lipinski definition) is 2. The van der Waals surface area contributed by atoms with Gasteiger partial charge in [-0.3, -0.25) is 4.79 Å². The maximum atomic E-state index is 11.5. The van der Waals surface area contributed by atoms with Crippen molar-refractivity contribution in [2.24, 2.45) is 5.41 Å². The molecule has 0 saturated heterocycles. The van der Waals surface area contributed by atoms with E-state index < -0.39 is 0 Å². The van der Waals surface area contributed by atoms with Gasteiger partial charge >= 0.3 is 0 Å². The minimum atomic E-state index is -0.270. The second-order valence-electron chi connectivity index (χ2n) is 4.41. The van der Waals surface area contributed by atoms with Crippen LogP contribution in [0.4, 0.5) is 0 Å². The SMILES string of the molecule is CSCCC(C)NC(=O)C(C)(C)C. The fourth-order valence-corrected chi connectivity index (χ4v) is 1.40. The third kappa shape index (κ3) is 5.97. The molecule has 0 aliphatic rings. The molecule has 0 bridgehead atoms. The summed E-state index contributed by atoms with van der Waals surface area (Å²) in [6.45, 7) is 7.86. The van der Waals surface area contributed by atoms with Crippen molar-refractivity contribution >= 4 is 17.7 Å². The van der Waals surface area contributed by atoms with Crippen LogP contribution in [0, 0.1) is 5.41 Å². The molecule has 1 amide bonds. The van der Waals surface area contributed by atoms with E-state index in [1.54, 1.807) is 0 Å². The summed E-state index contributed by atoms with van der Waals surface area (Å²) in [5.74, 6) is 1.24. The summed E-state index contributed by atoms with van der Waals surface area (Å²) >= 11 is 1.81. The molecule has 1 unspecified atom stereocenters. The number of thioether (sulfide) groups is 1. The molecule has 2 nitrogen and oxygen atoms in total. The van der Waals surface area contributed by atoms with Gasteiger partial charge in [-0.25, -0.2) is 0 Å². The van der Waals surface area contributed by atoms with Gasteiger partial charge in [-0.05, 0) is 25.4 Å². The Kier molecular flexibility index (Phi) is 5.45. The van der Waals surface area contributed by atoms with Gasteiger partial charge in [-0.1, -0.05) is 20.8 Å². The van der Waals surface area contributed by atoms with Crippen LogP contribution >= 0.6 is 11.8 Å². The molecule has 78 valence electrons. The molecule has 0 aliphatic heterocycles. The molecule has 1 atom stereocenters. The van der Waals surface area contributed by atoms with Crippen LogP contribution < -0.4 is 5.32 Å². The first-order chi connectivity index (χ1) is 5.88. The fraction of sp³-hybridized carbons (Fsp3) is 0.900. The molecule has 0 fully saturated rings. The monoisotopic (exact) mass is 203 g/mol. The third-order valence-electron chi connectivity index (χ3n) is 1.81. The maximum absolute atomic E-state index is 11.5. The van der Waals surface area contributed by atoms with Gasteiger partial charge in [0, 0.05) is 11.5 Å². The average Bonchev–Trinajstić information content (AvgIpc) is 1.99. The quantitative estimate of drug-likeness (QED) is 0.759. The van der Waals surface area contributed by atoms with Gasteiger partial charge in [-0.15, -0.1) is 0 Å². The van der Waals surface area contributed by atoms with Crippen molar-refractivity contribution in [3.05, 3.63) is 0 Å².